The van der Waals surface area contributed by atoms with Gasteiger partial charge in [0.05, 0.1) is 0 Å². The first-order valence-corrected chi connectivity index (χ1v) is 7.57. The highest BCUT2D eigenvalue weighted by molar-refractivity contribution is 5.31. The molecule has 2 nitrogen and oxygen atoms in total. The number of hydrogen-bond donors (Lipinski definition) is 2. The average molecular weight is 282 g/mol. The predicted octanol–water partition coefficient (Wildman–Crippen LogP) is 3.54. The Morgan fingerprint density at radius 2 is 1.05 bits per heavy atom. The summed E-state index contributed by atoms with van der Waals surface area (Å²) < 4.78 is 0. The normalized spacial score (nSPS) is 11.1. The van der Waals surface area contributed by atoms with Crippen LogP contribution in [0.5, 0.6) is 0 Å². The van der Waals surface area contributed by atoms with Crippen LogP contribution in [-0.4, -0.2) is 6.04 Å². The molecule has 3 N–H and O–H groups in total. The third-order valence-corrected chi connectivity index (χ3v) is 3.76. The second kappa shape index (κ2) is 6.88. The second-order valence-corrected chi connectivity index (χ2v) is 6.26. The van der Waals surface area contributed by atoms with Crippen LogP contribution in [0.25, 0.3) is 0 Å². The maximum absolute atomic E-state index is 5.77. The van der Waals surface area contributed by atoms with Gasteiger partial charge in [-0.3, -0.25) is 11.3 Å². The SMILES string of the molecule is Cc1cc(C)cc(CC(Cc2cc(C)cc(C)c2)NN)c1. The van der Waals surface area contributed by atoms with Gasteiger partial charge in [0.25, 0.3) is 0 Å². The van der Waals surface area contributed by atoms with Crippen molar-refractivity contribution in [3.63, 3.8) is 0 Å². The smallest absolute Gasteiger partial charge is 0.0291 e. The first-order chi connectivity index (χ1) is 9.96. The van der Waals surface area contributed by atoms with Gasteiger partial charge in [-0.05, 0) is 51.7 Å². The molecule has 0 amide bonds. The summed E-state index contributed by atoms with van der Waals surface area (Å²) in [6, 6.07) is 13.7. The van der Waals surface area contributed by atoms with E-state index >= 15 is 0 Å². The summed E-state index contributed by atoms with van der Waals surface area (Å²) in [5.74, 6) is 5.77. The first-order valence-electron chi connectivity index (χ1n) is 7.57. The van der Waals surface area contributed by atoms with E-state index in [1.807, 2.05) is 0 Å². The Hall–Kier alpha value is -1.64. The van der Waals surface area contributed by atoms with Crippen molar-refractivity contribution in [2.45, 2.75) is 46.6 Å². The maximum Gasteiger partial charge on any atom is 0.0291 e. The van der Waals surface area contributed by atoms with E-state index in [9.17, 15) is 0 Å². The molecule has 2 rings (SSSR count). The van der Waals surface area contributed by atoms with Crippen molar-refractivity contribution >= 4 is 0 Å². The fourth-order valence-corrected chi connectivity index (χ4v) is 3.13. The van der Waals surface area contributed by atoms with Crippen molar-refractivity contribution in [3.05, 3.63) is 69.8 Å². The van der Waals surface area contributed by atoms with Crippen LogP contribution in [-0.2, 0) is 12.8 Å². The molecule has 0 radical (unpaired) electrons. The largest absolute Gasteiger partial charge is 0.271 e. The van der Waals surface area contributed by atoms with Crippen molar-refractivity contribution in [2.75, 3.05) is 0 Å². The third-order valence-electron chi connectivity index (χ3n) is 3.76. The van der Waals surface area contributed by atoms with Gasteiger partial charge in [0.15, 0.2) is 0 Å². The van der Waals surface area contributed by atoms with Gasteiger partial charge in [-0.2, -0.15) is 0 Å². The third kappa shape index (κ3) is 4.69. The molecule has 0 unspecified atom stereocenters. The van der Waals surface area contributed by atoms with Crippen molar-refractivity contribution in [1.82, 2.24) is 5.43 Å². The zero-order valence-electron chi connectivity index (χ0n) is 13.5. The lowest BCUT2D eigenvalue weighted by Gasteiger charge is -2.17. The number of nitrogens with two attached hydrogens (primary N) is 1. The van der Waals surface area contributed by atoms with Gasteiger partial charge in [-0.1, -0.05) is 58.7 Å². The quantitative estimate of drug-likeness (QED) is 0.650. The lowest BCUT2D eigenvalue weighted by Crippen LogP contribution is -2.38. The van der Waals surface area contributed by atoms with E-state index in [1.54, 1.807) is 0 Å². The number of benzene rings is 2. The van der Waals surface area contributed by atoms with E-state index in [0.29, 0.717) is 0 Å². The minimum Gasteiger partial charge on any atom is -0.271 e. The van der Waals surface area contributed by atoms with Gasteiger partial charge in [-0.15, -0.1) is 0 Å². The van der Waals surface area contributed by atoms with E-state index in [0.717, 1.165) is 12.8 Å². The van der Waals surface area contributed by atoms with Gasteiger partial charge in [0, 0.05) is 6.04 Å². The fraction of sp³-hybridized carbons (Fsp3) is 0.368. The van der Waals surface area contributed by atoms with E-state index in [2.05, 4.69) is 69.5 Å². The summed E-state index contributed by atoms with van der Waals surface area (Å²) in [7, 11) is 0. The van der Waals surface area contributed by atoms with E-state index in [4.69, 9.17) is 5.84 Å². The van der Waals surface area contributed by atoms with Gasteiger partial charge < -0.3 is 0 Å². The van der Waals surface area contributed by atoms with Crippen LogP contribution in [0.2, 0.25) is 0 Å². The number of hydrogen-bond acceptors (Lipinski definition) is 2. The van der Waals surface area contributed by atoms with Crippen molar-refractivity contribution in [1.29, 1.82) is 0 Å². The first kappa shape index (κ1) is 15.7. The minimum atomic E-state index is 0.257. The summed E-state index contributed by atoms with van der Waals surface area (Å²) in [5, 5.41) is 0. The molecule has 0 aliphatic heterocycles. The summed E-state index contributed by atoms with van der Waals surface area (Å²) >= 11 is 0. The molecule has 0 fully saturated rings. The lowest BCUT2D eigenvalue weighted by atomic mass is 9.95. The molecule has 0 saturated heterocycles. The molecule has 21 heavy (non-hydrogen) atoms. The Balaban J connectivity index is 2.12. The molecule has 0 saturated carbocycles. The Morgan fingerprint density at radius 1 is 0.714 bits per heavy atom. The Labute approximate surface area is 128 Å². The number of hydrazine groups is 1. The second-order valence-electron chi connectivity index (χ2n) is 6.26. The molecular formula is C19H26N2. The molecule has 2 aromatic carbocycles. The van der Waals surface area contributed by atoms with Gasteiger partial charge in [0.2, 0.25) is 0 Å². The van der Waals surface area contributed by atoms with E-state index < -0.39 is 0 Å². The highest BCUT2D eigenvalue weighted by Gasteiger charge is 2.10. The zero-order chi connectivity index (χ0) is 15.4. The molecule has 2 heteroatoms. The van der Waals surface area contributed by atoms with Gasteiger partial charge in [-0.25, -0.2) is 0 Å². The van der Waals surface area contributed by atoms with Crippen LogP contribution >= 0.6 is 0 Å². The highest BCUT2D eigenvalue weighted by Crippen LogP contribution is 2.15. The molecule has 0 heterocycles. The zero-order valence-corrected chi connectivity index (χ0v) is 13.5. The van der Waals surface area contributed by atoms with Crippen molar-refractivity contribution in [3.8, 4) is 0 Å². The summed E-state index contributed by atoms with van der Waals surface area (Å²) in [6.45, 7) is 8.58. The molecule has 0 bridgehead atoms. The molecule has 0 aliphatic carbocycles. The Morgan fingerprint density at radius 3 is 1.33 bits per heavy atom. The van der Waals surface area contributed by atoms with Crippen molar-refractivity contribution in [2.24, 2.45) is 5.84 Å². The van der Waals surface area contributed by atoms with Gasteiger partial charge in [0.1, 0.15) is 0 Å². The molecule has 0 spiro atoms. The fourth-order valence-electron chi connectivity index (χ4n) is 3.13. The predicted molar refractivity (Wildman–Crippen MR) is 90.4 cm³/mol. The minimum absolute atomic E-state index is 0.257. The van der Waals surface area contributed by atoms with Gasteiger partial charge >= 0.3 is 0 Å². The highest BCUT2D eigenvalue weighted by atomic mass is 15.2. The van der Waals surface area contributed by atoms with Crippen LogP contribution in [0.15, 0.2) is 36.4 Å². The topological polar surface area (TPSA) is 38.0 Å². The molecule has 0 aliphatic rings. The Kier molecular flexibility index (Phi) is 5.16. The lowest BCUT2D eigenvalue weighted by molar-refractivity contribution is 0.522. The van der Waals surface area contributed by atoms with Crippen LogP contribution in [0.3, 0.4) is 0 Å². The van der Waals surface area contributed by atoms with Crippen LogP contribution in [0.1, 0.15) is 33.4 Å². The summed E-state index contributed by atoms with van der Waals surface area (Å²) in [6.07, 6.45) is 1.90. The maximum atomic E-state index is 5.77. The molecule has 2 aromatic rings. The Bertz CT molecular complexity index is 523. The number of rotatable bonds is 5. The van der Waals surface area contributed by atoms with E-state index in [1.165, 1.54) is 33.4 Å². The average Bonchev–Trinajstić information content (AvgIpc) is 2.35. The molecule has 0 atom stereocenters. The van der Waals surface area contributed by atoms with Crippen LogP contribution in [0.4, 0.5) is 0 Å². The van der Waals surface area contributed by atoms with E-state index in [-0.39, 0.29) is 6.04 Å². The summed E-state index contributed by atoms with van der Waals surface area (Å²) in [4.78, 5) is 0. The van der Waals surface area contributed by atoms with Crippen LogP contribution < -0.4 is 11.3 Å². The monoisotopic (exact) mass is 282 g/mol. The number of nitrogens with one attached hydrogen (secondary N) is 1. The molecule has 0 aromatic heterocycles. The molecule has 112 valence electrons. The van der Waals surface area contributed by atoms with Crippen LogP contribution in [0, 0.1) is 27.7 Å². The standard InChI is InChI=1S/C19H26N2/c1-13-5-14(2)8-17(7-13)11-19(21-20)12-18-9-15(3)6-16(4)10-18/h5-10,19,21H,11-12,20H2,1-4H3. The molecular weight excluding hydrogens is 256 g/mol. The number of aryl methyl sites for hydroxylation is 4. The van der Waals surface area contributed by atoms with Crippen molar-refractivity contribution < 1.29 is 0 Å². The summed E-state index contributed by atoms with van der Waals surface area (Å²) in [5.41, 5.74) is 10.9.